The molecule has 0 atom stereocenters. The molecule has 0 N–H and O–H groups in total. The van der Waals surface area contributed by atoms with Crippen LogP contribution in [0.5, 0.6) is 0 Å². The van der Waals surface area contributed by atoms with E-state index in [0.717, 1.165) is 11.6 Å². The van der Waals surface area contributed by atoms with Crippen molar-refractivity contribution in [1.82, 2.24) is 18.7 Å². The van der Waals surface area contributed by atoms with Crippen LogP contribution in [-0.2, 0) is 13.1 Å². The number of hydrogen-bond donors (Lipinski definition) is 0. The van der Waals surface area contributed by atoms with E-state index in [1.807, 2.05) is 26.0 Å². The lowest BCUT2D eigenvalue weighted by atomic mass is 10.2. The molecule has 4 rings (SSSR count). The molecule has 0 amide bonds. The summed E-state index contributed by atoms with van der Waals surface area (Å²) in [6.45, 7) is 4.10. The van der Waals surface area contributed by atoms with Crippen LogP contribution < -0.4 is 11.2 Å². The first-order valence-corrected chi connectivity index (χ1v) is 9.61. The minimum absolute atomic E-state index is 0.0403. The van der Waals surface area contributed by atoms with Gasteiger partial charge in [0.15, 0.2) is 11.2 Å². The maximum Gasteiger partial charge on any atom is 0.337 e. The summed E-state index contributed by atoms with van der Waals surface area (Å²) >= 11 is 0. The van der Waals surface area contributed by atoms with Crippen LogP contribution in [0.3, 0.4) is 0 Å². The number of imidazole rings is 1. The van der Waals surface area contributed by atoms with E-state index in [1.54, 1.807) is 12.1 Å². The molecule has 2 aromatic carbocycles. The maximum absolute atomic E-state index is 13.6. The Labute approximate surface area is 170 Å². The zero-order valence-corrected chi connectivity index (χ0v) is 16.6. The smallest absolute Gasteiger partial charge is 0.320 e. The van der Waals surface area contributed by atoms with E-state index >= 15 is 0 Å². The van der Waals surface area contributed by atoms with Crippen molar-refractivity contribution >= 4 is 11.2 Å². The van der Waals surface area contributed by atoms with Gasteiger partial charge in [-0.25, -0.2) is 23.1 Å². The quantitative estimate of drug-likeness (QED) is 0.507. The van der Waals surface area contributed by atoms with Gasteiger partial charge in [-0.3, -0.25) is 9.36 Å². The molecule has 2 aromatic heterocycles. The first kappa shape index (κ1) is 19.8. The van der Waals surface area contributed by atoms with E-state index in [1.165, 1.54) is 32.2 Å². The van der Waals surface area contributed by atoms with Gasteiger partial charge >= 0.3 is 5.69 Å². The molecule has 4 aromatic rings. The van der Waals surface area contributed by atoms with Crippen LogP contribution in [0, 0.1) is 18.6 Å². The summed E-state index contributed by atoms with van der Waals surface area (Å²) in [5, 5.41) is 0. The van der Waals surface area contributed by atoms with Crippen molar-refractivity contribution < 1.29 is 8.78 Å². The summed E-state index contributed by atoms with van der Waals surface area (Å²) in [7, 11) is 0. The molecule has 0 spiro atoms. The number of aryl methyl sites for hydroxylation is 1. The number of nitrogens with zero attached hydrogens (tertiary/aromatic N) is 4. The largest absolute Gasteiger partial charge is 0.337 e. The molecule has 154 valence electrons. The Morgan fingerprint density at radius 1 is 1.00 bits per heavy atom. The predicted octanol–water partition coefficient (Wildman–Crippen LogP) is 3.39. The van der Waals surface area contributed by atoms with E-state index in [2.05, 4.69) is 4.98 Å². The molecule has 30 heavy (non-hydrogen) atoms. The summed E-state index contributed by atoms with van der Waals surface area (Å²) in [6, 6.07) is 10.5. The second kappa shape index (κ2) is 7.70. The van der Waals surface area contributed by atoms with Crippen LogP contribution >= 0.6 is 0 Å². The topological polar surface area (TPSA) is 61.8 Å². The van der Waals surface area contributed by atoms with E-state index in [0.29, 0.717) is 17.7 Å². The SMILES string of the molecule is CCCn1c(=O)c2c(ncn2Cc2cc(F)cc(F)c2)n(-c2ccc(C)cc2)c1=O. The van der Waals surface area contributed by atoms with Gasteiger partial charge in [-0.2, -0.15) is 0 Å². The highest BCUT2D eigenvalue weighted by Gasteiger charge is 2.19. The summed E-state index contributed by atoms with van der Waals surface area (Å²) in [6.07, 6.45) is 2.01. The maximum atomic E-state index is 13.6. The van der Waals surface area contributed by atoms with Crippen LogP contribution in [0.25, 0.3) is 16.9 Å². The third-order valence-corrected chi connectivity index (χ3v) is 4.91. The average molecular weight is 410 g/mol. The van der Waals surface area contributed by atoms with Crippen molar-refractivity contribution in [1.29, 1.82) is 0 Å². The van der Waals surface area contributed by atoms with Crippen LogP contribution in [0.4, 0.5) is 8.78 Å². The highest BCUT2D eigenvalue weighted by molar-refractivity contribution is 5.72. The van der Waals surface area contributed by atoms with E-state index in [9.17, 15) is 18.4 Å². The van der Waals surface area contributed by atoms with Crippen LogP contribution in [-0.4, -0.2) is 18.7 Å². The standard InChI is InChI=1S/C22H20F2N4O2/c1-3-8-27-21(29)19-20(28(22(27)30)18-6-4-14(2)5-7-18)25-13-26(19)12-15-9-16(23)11-17(24)10-15/h4-7,9-11,13H,3,8,12H2,1-2H3. The molecule has 0 saturated carbocycles. The van der Waals surface area contributed by atoms with Gasteiger partial charge in [0, 0.05) is 19.2 Å². The van der Waals surface area contributed by atoms with Crippen molar-refractivity contribution in [3.05, 3.63) is 92.4 Å². The molecule has 0 saturated heterocycles. The van der Waals surface area contributed by atoms with Gasteiger partial charge in [-0.05, 0) is 43.2 Å². The van der Waals surface area contributed by atoms with Gasteiger partial charge in [0.05, 0.1) is 12.0 Å². The molecule has 0 aliphatic heterocycles. The zero-order valence-electron chi connectivity index (χ0n) is 16.6. The molecular weight excluding hydrogens is 390 g/mol. The Morgan fingerprint density at radius 2 is 1.67 bits per heavy atom. The van der Waals surface area contributed by atoms with Gasteiger partial charge in [-0.1, -0.05) is 24.6 Å². The number of benzene rings is 2. The fraction of sp³-hybridized carbons (Fsp3) is 0.227. The lowest BCUT2D eigenvalue weighted by Gasteiger charge is -2.12. The van der Waals surface area contributed by atoms with E-state index in [-0.39, 0.29) is 24.3 Å². The Hall–Kier alpha value is -3.55. The highest BCUT2D eigenvalue weighted by Crippen LogP contribution is 2.16. The van der Waals surface area contributed by atoms with Crippen molar-refractivity contribution in [3.8, 4) is 5.69 Å². The van der Waals surface area contributed by atoms with Gasteiger partial charge in [0.1, 0.15) is 11.6 Å². The molecule has 0 radical (unpaired) electrons. The van der Waals surface area contributed by atoms with E-state index in [4.69, 9.17) is 0 Å². The molecule has 0 fully saturated rings. The Bertz CT molecular complexity index is 1330. The minimum Gasteiger partial charge on any atom is -0.320 e. The summed E-state index contributed by atoms with van der Waals surface area (Å²) in [5.41, 5.74) is 1.42. The number of halogens is 2. The second-order valence-electron chi connectivity index (χ2n) is 7.23. The van der Waals surface area contributed by atoms with Crippen molar-refractivity contribution in [2.45, 2.75) is 33.4 Å². The molecule has 0 unspecified atom stereocenters. The second-order valence-corrected chi connectivity index (χ2v) is 7.23. The molecule has 0 bridgehead atoms. The van der Waals surface area contributed by atoms with Gasteiger partial charge in [0.2, 0.25) is 0 Å². The van der Waals surface area contributed by atoms with Crippen LogP contribution in [0.15, 0.2) is 58.4 Å². The molecule has 0 aliphatic rings. The van der Waals surface area contributed by atoms with Gasteiger partial charge < -0.3 is 4.57 Å². The number of hydrogen-bond acceptors (Lipinski definition) is 3. The number of rotatable bonds is 5. The lowest BCUT2D eigenvalue weighted by Crippen LogP contribution is -2.40. The molecule has 2 heterocycles. The summed E-state index contributed by atoms with van der Waals surface area (Å²) in [4.78, 5) is 30.5. The molecule has 8 heteroatoms. The molecule has 0 aliphatic carbocycles. The van der Waals surface area contributed by atoms with Crippen LogP contribution in [0.2, 0.25) is 0 Å². The zero-order chi connectivity index (χ0) is 21.4. The Kier molecular flexibility index (Phi) is 5.07. The highest BCUT2D eigenvalue weighted by atomic mass is 19.1. The average Bonchev–Trinajstić information content (AvgIpc) is 3.09. The Balaban J connectivity index is 1.98. The Morgan fingerprint density at radius 3 is 2.30 bits per heavy atom. The van der Waals surface area contributed by atoms with Crippen molar-refractivity contribution in [2.75, 3.05) is 0 Å². The van der Waals surface area contributed by atoms with Gasteiger partial charge in [-0.15, -0.1) is 0 Å². The lowest BCUT2D eigenvalue weighted by molar-refractivity contribution is 0.577. The normalized spacial score (nSPS) is 11.3. The summed E-state index contributed by atoms with van der Waals surface area (Å²) < 4.78 is 31.3. The van der Waals surface area contributed by atoms with Gasteiger partial charge in [0.25, 0.3) is 5.56 Å². The van der Waals surface area contributed by atoms with Crippen molar-refractivity contribution in [2.24, 2.45) is 0 Å². The molecule has 6 nitrogen and oxygen atoms in total. The fourth-order valence-electron chi connectivity index (χ4n) is 3.55. The van der Waals surface area contributed by atoms with Crippen LogP contribution in [0.1, 0.15) is 24.5 Å². The van der Waals surface area contributed by atoms with Crippen molar-refractivity contribution in [3.63, 3.8) is 0 Å². The monoisotopic (exact) mass is 410 g/mol. The minimum atomic E-state index is -0.700. The number of fused-ring (bicyclic) bond motifs is 1. The fourth-order valence-corrected chi connectivity index (χ4v) is 3.55. The molecular formula is C22H20F2N4O2. The van der Waals surface area contributed by atoms with E-state index < -0.39 is 22.9 Å². The number of aromatic nitrogens is 4. The first-order valence-electron chi connectivity index (χ1n) is 9.61. The first-order chi connectivity index (χ1) is 14.4. The third-order valence-electron chi connectivity index (χ3n) is 4.91. The predicted molar refractivity (Wildman–Crippen MR) is 110 cm³/mol. The third kappa shape index (κ3) is 3.45. The summed E-state index contributed by atoms with van der Waals surface area (Å²) in [5.74, 6) is -1.40.